The van der Waals surface area contributed by atoms with Gasteiger partial charge in [0, 0.05) is 16.9 Å². The van der Waals surface area contributed by atoms with Crippen molar-refractivity contribution in [1.82, 2.24) is 9.97 Å². The van der Waals surface area contributed by atoms with Crippen molar-refractivity contribution in [2.75, 3.05) is 4.72 Å². The minimum Gasteiger partial charge on any atom is -0.276 e. The van der Waals surface area contributed by atoms with Crippen molar-refractivity contribution < 1.29 is 8.42 Å². The summed E-state index contributed by atoms with van der Waals surface area (Å²) in [6.45, 7) is 0. The van der Waals surface area contributed by atoms with E-state index in [2.05, 4.69) is 30.6 Å². The molecule has 0 aromatic carbocycles. The number of nitrogens with one attached hydrogen (secondary N) is 1. The second kappa shape index (κ2) is 5.62. The topological polar surface area (TPSA) is 72.0 Å². The van der Waals surface area contributed by atoms with Crippen LogP contribution in [0.4, 0.5) is 5.69 Å². The Bertz CT molecular complexity index is 707. The molecule has 0 atom stereocenters. The zero-order chi connectivity index (χ0) is 14.0. The zero-order valence-corrected chi connectivity index (χ0v) is 13.1. The molecule has 0 bridgehead atoms. The van der Waals surface area contributed by atoms with Gasteiger partial charge in [-0.1, -0.05) is 23.2 Å². The molecule has 0 amide bonds. The maximum absolute atomic E-state index is 12.1. The minimum atomic E-state index is -3.79. The molecule has 0 saturated carbocycles. The average Bonchev–Trinajstić information content (AvgIpc) is 2.34. The largest absolute Gasteiger partial charge is 0.276 e. The van der Waals surface area contributed by atoms with Crippen molar-refractivity contribution >= 4 is 54.8 Å². The van der Waals surface area contributed by atoms with Gasteiger partial charge in [-0.25, -0.2) is 18.4 Å². The van der Waals surface area contributed by atoms with Gasteiger partial charge >= 0.3 is 0 Å². The van der Waals surface area contributed by atoms with Gasteiger partial charge in [0.1, 0.15) is 10.0 Å². The van der Waals surface area contributed by atoms with E-state index in [9.17, 15) is 8.42 Å². The first-order valence-corrected chi connectivity index (χ1v) is 7.87. The predicted octanol–water partition coefficient (Wildman–Crippen LogP) is 3.35. The Balaban J connectivity index is 2.36. The molecular formula is C10H6BrCl2N3O2S. The van der Waals surface area contributed by atoms with Crippen LogP contribution >= 0.6 is 39.1 Å². The summed E-state index contributed by atoms with van der Waals surface area (Å²) in [5, 5.41) is 0.259. The minimum absolute atomic E-state index is 0.0204. The molecule has 0 radical (unpaired) electrons. The second-order valence-electron chi connectivity index (χ2n) is 3.41. The summed E-state index contributed by atoms with van der Waals surface area (Å²) in [4.78, 5) is 7.52. The fourth-order valence-corrected chi connectivity index (χ4v) is 2.87. The number of hydrogen-bond acceptors (Lipinski definition) is 4. The van der Waals surface area contributed by atoms with Crippen LogP contribution < -0.4 is 4.72 Å². The van der Waals surface area contributed by atoms with Gasteiger partial charge in [-0.05, 0) is 34.1 Å². The van der Waals surface area contributed by atoms with Crippen LogP contribution in [0.2, 0.25) is 10.3 Å². The molecule has 2 rings (SSSR count). The van der Waals surface area contributed by atoms with E-state index in [1.807, 2.05) is 0 Å². The molecule has 0 unspecified atom stereocenters. The normalized spacial score (nSPS) is 11.3. The molecule has 100 valence electrons. The molecule has 19 heavy (non-hydrogen) atoms. The quantitative estimate of drug-likeness (QED) is 0.826. The van der Waals surface area contributed by atoms with E-state index in [1.54, 1.807) is 0 Å². The standard InChI is InChI=1S/C10H6BrCl2N3O2S/c11-6-3-8(10(13)15-4-6)16-19(17,18)7-1-2-9(12)14-5-7/h1-5,16H. The first-order chi connectivity index (χ1) is 8.88. The van der Waals surface area contributed by atoms with Gasteiger partial charge in [-0.15, -0.1) is 0 Å². The van der Waals surface area contributed by atoms with E-state index in [0.717, 1.165) is 6.20 Å². The van der Waals surface area contributed by atoms with E-state index in [4.69, 9.17) is 23.2 Å². The number of halogens is 3. The number of hydrogen-bond donors (Lipinski definition) is 1. The Labute approximate surface area is 128 Å². The van der Waals surface area contributed by atoms with E-state index < -0.39 is 10.0 Å². The lowest BCUT2D eigenvalue weighted by Crippen LogP contribution is -2.13. The Morgan fingerprint density at radius 3 is 2.53 bits per heavy atom. The molecular weight excluding hydrogens is 377 g/mol. The summed E-state index contributed by atoms with van der Waals surface area (Å²) in [5.74, 6) is 0. The van der Waals surface area contributed by atoms with Gasteiger partial charge in [0.2, 0.25) is 0 Å². The number of rotatable bonds is 3. The van der Waals surface area contributed by atoms with Crippen LogP contribution in [0.25, 0.3) is 0 Å². The van der Waals surface area contributed by atoms with Crippen molar-refractivity contribution in [3.8, 4) is 0 Å². The molecule has 0 fully saturated rings. The zero-order valence-electron chi connectivity index (χ0n) is 9.14. The Morgan fingerprint density at radius 1 is 1.16 bits per heavy atom. The molecule has 5 nitrogen and oxygen atoms in total. The van der Waals surface area contributed by atoms with Crippen LogP contribution in [-0.4, -0.2) is 18.4 Å². The van der Waals surface area contributed by atoms with Crippen molar-refractivity contribution in [3.05, 3.63) is 45.4 Å². The summed E-state index contributed by atoms with van der Waals surface area (Å²) in [7, 11) is -3.79. The van der Waals surface area contributed by atoms with Crippen LogP contribution in [0.15, 0.2) is 40.0 Å². The summed E-state index contributed by atoms with van der Waals surface area (Å²) in [6, 6.07) is 4.24. The van der Waals surface area contributed by atoms with Gasteiger partial charge in [0.05, 0.1) is 5.69 Å². The summed E-state index contributed by atoms with van der Waals surface area (Å²) in [6.07, 6.45) is 2.62. The molecule has 0 aliphatic heterocycles. The van der Waals surface area contributed by atoms with E-state index >= 15 is 0 Å². The van der Waals surface area contributed by atoms with Crippen LogP contribution in [0.3, 0.4) is 0 Å². The monoisotopic (exact) mass is 381 g/mol. The average molecular weight is 383 g/mol. The van der Waals surface area contributed by atoms with Crippen LogP contribution in [0, 0.1) is 0 Å². The van der Waals surface area contributed by atoms with Gasteiger partial charge in [0.25, 0.3) is 10.0 Å². The third-order valence-electron chi connectivity index (χ3n) is 2.06. The Morgan fingerprint density at radius 2 is 1.89 bits per heavy atom. The van der Waals surface area contributed by atoms with Gasteiger partial charge in [-0.3, -0.25) is 4.72 Å². The first kappa shape index (κ1) is 14.5. The smallest absolute Gasteiger partial charge is 0.263 e. The van der Waals surface area contributed by atoms with E-state index in [1.165, 1.54) is 24.4 Å². The van der Waals surface area contributed by atoms with Crippen molar-refractivity contribution in [3.63, 3.8) is 0 Å². The van der Waals surface area contributed by atoms with Crippen LogP contribution in [0.1, 0.15) is 0 Å². The molecule has 1 N–H and O–H groups in total. The number of sulfonamides is 1. The van der Waals surface area contributed by atoms with E-state index in [0.29, 0.717) is 4.47 Å². The predicted molar refractivity (Wildman–Crippen MR) is 77.0 cm³/mol. The number of aromatic nitrogens is 2. The fourth-order valence-electron chi connectivity index (χ4n) is 1.22. The number of pyridine rings is 2. The van der Waals surface area contributed by atoms with Crippen molar-refractivity contribution in [1.29, 1.82) is 0 Å². The maximum Gasteiger partial charge on any atom is 0.263 e. The Hall–Kier alpha value is -0.890. The molecule has 2 aromatic rings. The lowest BCUT2D eigenvalue weighted by atomic mass is 10.4. The van der Waals surface area contributed by atoms with Gasteiger partial charge in [-0.2, -0.15) is 0 Å². The molecule has 0 spiro atoms. The first-order valence-electron chi connectivity index (χ1n) is 4.84. The molecule has 0 aliphatic rings. The fraction of sp³-hybridized carbons (Fsp3) is 0. The van der Waals surface area contributed by atoms with Crippen molar-refractivity contribution in [2.24, 2.45) is 0 Å². The highest BCUT2D eigenvalue weighted by atomic mass is 79.9. The molecule has 0 saturated heterocycles. The van der Waals surface area contributed by atoms with Crippen molar-refractivity contribution in [2.45, 2.75) is 4.90 Å². The molecule has 2 heterocycles. The number of anilines is 1. The SMILES string of the molecule is O=S(=O)(Nc1cc(Br)cnc1Cl)c1ccc(Cl)nc1. The molecule has 2 aromatic heterocycles. The highest BCUT2D eigenvalue weighted by Crippen LogP contribution is 2.25. The van der Waals surface area contributed by atoms with Crippen LogP contribution in [0.5, 0.6) is 0 Å². The maximum atomic E-state index is 12.1. The van der Waals surface area contributed by atoms with E-state index in [-0.39, 0.29) is 20.9 Å². The highest BCUT2D eigenvalue weighted by Gasteiger charge is 2.16. The summed E-state index contributed by atoms with van der Waals surface area (Å²) >= 11 is 14.6. The summed E-state index contributed by atoms with van der Waals surface area (Å²) in [5.41, 5.74) is 0.172. The third-order valence-corrected chi connectivity index (χ3v) is 4.37. The summed E-state index contributed by atoms with van der Waals surface area (Å²) < 4.78 is 27.1. The van der Waals surface area contributed by atoms with Gasteiger partial charge < -0.3 is 0 Å². The Kier molecular flexibility index (Phi) is 4.29. The molecule has 0 aliphatic carbocycles. The van der Waals surface area contributed by atoms with Gasteiger partial charge in [0.15, 0.2) is 5.15 Å². The highest BCUT2D eigenvalue weighted by molar-refractivity contribution is 9.10. The third kappa shape index (κ3) is 3.56. The number of nitrogens with zero attached hydrogens (tertiary/aromatic N) is 2. The second-order valence-corrected chi connectivity index (χ2v) is 6.76. The molecule has 9 heteroatoms. The van der Waals surface area contributed by atoms with Crippen LogP contribution in [-0.2, 0) is 10.0 Å². The lowest BCUT2D eigenvalue weighted by Gasteiger charge is -2.09. The lowest BCUT2D eigenvalue weighted by molar-refractivity contribution is 0.601.